The van der Waals surface area contributed by atoms with Crippen LogP contribution in [0.4, 0.5) is 0 Å². The normalized spacial score (nSPS) is 10.7. The van der Waals surface area contributed by atoms with Gasteiger partial charge in [-0.25, -0.2) is 0 Å². The fourth-order valence-electron chi connectivity index (χ4n) is 2.11. The Morgan fingerprint density at radius 2 is 1.81 bits per heavy atom. The second-order valence-corrected chi connectivity index (χ2v) is 4.61. The number of hydrogen-bond donors (Lipinski definition) is 2. The molecule has 0 heterocycles. The molecule has 0 atom stereocenters. The molecule has 0 aliphatic heterocycles. The molecule has 106 valence electrons. The molecule has 0 saturated heterocycles. The quantitative estimate of drug-likeness (QED) is 0.499. The molecule has 0 saturated carbocycles. The van der Waals surface area contributed by atoms with Gasteiger partial charge in [0.15, 0.2) is 0 Å². The summed E-state index contributed by atoms with van der Waals surface area (Å²) in [6, 6.07) is 10.3. The van der Waals surface area contributed by atoms with E-state index in [0.717, 1.165) is 16.7 Å². The fraction of sp³-hybridized carbons (Fsp3) is 0.0556. The molecule has 0 spiro atoms. The van der Waals surface area contributed by atoms with Crippen molar-refractivity contribution in [2.75, 3.05) is 0 Å². The first-order valence-corrected chi connectivity index (χ1v) is 6.53. The van der Waals surface area contributed by atoms with Crippen molar-refractivity contribution in [1.82, 2.24) is 0 Å². The van der Waals surface area contributed by atoms with E-state index in [9.17, 15) is 15.0 Å². The van der Waals surface area contributed by atoms with Crippen LogP contribution in [0.1, 0.15) is 11.1 Å². The van der Waals surface area contributed by atoms with Gasteiger partial charge in [-0.2, -0.15) is 0 Å². The van der Waals surface area contributed by atoms with Crippen LogP contribution < -0.4 is 0 Å². The van der Waals surface area contributed by atoms with Crippen molar-refractivity contribution in [3.8, 4) is 22.6 Å². The Bertz CT molecular complexity index is 700. The molecule has 0 amide bonds. The molecule has 0 radical (unpaired) electrons. The largest absolute Gasteiger partial charge is 0.508 e. The minimum Gasteiger partial charge on any atom is -0.508 e. The van der Waals surface area contributed by atoms with Crippen molar-refractivity contribution in [3.05, 3.63) is 66.3 Å². The maximum Gasteiger partial charge on any atom is 0.142 e. The molecular formula is C18H16O3. The van der Waals surface area contributed by atoms with Crippen LogP contribution in [0.15, 0.2) is 55.1 Å². The Labute approximate surface area is 123 Å². The summed E-state index contributed by atoms with van der Waals surface area (Å²) in [7, 11) is 0. The lowest BCUT2D eigenvalue weighted by molar-refractivity contribution is -0.104. The zero-order chi connectivity index (χ0) is 15.2. The standard InChI is InChI=1S/C18H16O3/c1-2-4-15-12-14(7-9-17(15)20)16-11-13(5-3-10-19)6-8-18(16)21/h2-3,5-12,20-21H,1,4H2. The first-order chi connectivity index (χ1) is 10.2. The molecule has 2 aromatic rings. The van der Waals surface area contributed by atoms with E-state index in [-0.39, 0.29) is 11.5 Å². The van der Waals surface area contributed by atoms with Crippen LogP contribution in [0.3, 0.4) is 0 Å². The van der Waals surface area contributed by atoms with Crippen molar-refractivity contribution >= 4 is 12.4 Å². The van der Waals surface area contributed by atoms with Crippen molar-refractivity contribution in [3.63, 3.8) is 0 Å². The highest BCUT2D eigenvalue weighted by Crippen LogP contribution is 2.33. The molecule has 3 nitrogen and oxygen atoms in total. The van der Waals surface area contributed by atoms with Gasteiger partial charge in [0.05, 0.1) is 0 Å². The summed E-state index contributed by atoms with van der Waals surface area (Å²) in [5, 5.41) is 19.8. The van der Waals surface area contributed by atoms with E-state index in [4.69, 9.17) is 0 Å². The Morgan fingerprint density at radius 1 is 1.05 bits per heavy atom. The van der Waals surface area contributed by atoms with E-state index < -0.39 is 0 Å². The average Bonchev–Trinajstić information content (AvgIpc) is 2.49. The molecule has 0 aromatic heterocycles. The van der Waals surface area contributed by atoms with Crippen LogP contribution in [-0.4, -0.2) is 16.5 Å². The fourth-order valence-corrected chi connectivity index (χ4v) is 2.11. The second kappa shape index (κ2) is 6.57. The van der Waals surface area contributed by atoms with Crippen molar-refractivity contribution in [2.45, 2.75) is 6.42 Å². The monoisotopic (exact) mass is 280 g/mol. The molecular weight excluding hydrogens is 264 g/mol. The molecule has 2 N–H and O–H groups in total. The highest BCUT2D eigenvalue weighted by atomic mass is 16.3. The van der Waals surface area contributed by atoms with Crippen LogP contribution in [0.2, 0.25) is 0 Å². The number of phenols is 2. The van der Waals surface area contributed by atoms with Crippen LogP contribution >= 0.6 is 0 Å². The number of rotatable bonds is 5. The van der Waals surface area contributed by atoms with E-state index in [1.54, 1.807) is 42.5 Å². The smallest absolute Gasteiger partial charge is 0.142 e. The van der Waals surface area contributed by atoms with E-state index in [1.807, 2.05) is 6.07 Å². The molecule has 0 aliphatic carbocycles. The molecule has 0 unspecified atom stereocenters. The van der Waals surface area contributed by atoms with Gasteiger partial charge in [-0.15, -0.1) is 6.58 Å². The topological polar surface area (TPSA) is 57.5 Å². The first-order valence-electron chi connectivity index (χ1n) is 6.53. The number of carbonyl (C=O) groups excluding carboxylic acids is 1. The van der Waals surface area contributed by atoms with Gasteiger partial charge >= 0.3 is 0 Å². The number of aldehydes is 1. The average molecular weight is 280 g/mol. The number of aromatic hydroxyl groups is 2. The second-order valence-electron chi connectivity index (χ2n) is 4.61. The van der Waals surface area contributed by atoms with Crippen molar-refractivity contribution in [1.29, 1.82) is 0 Å². The third kappa shape index (κ3) is 3.39. The molecule has 3 heteroatoms. The molecule has 0 fully saturated rings. The first kappa shape index (κ1) is 14.6. The molecule has 2 rings (SSSR count). The van der Waals surface area contributed by atoms with Crippen LogP contribution in [0, 0.1) is 0 Å². The number of hydrogen-bond acceptors (Lipinski definition) is 3. The van der Waals surface area contributed by atoms with E-state index in [1.165, 1.54) is 6.08 Å². The summed E-state index contributed by atoms with van der Waals surface area (Å²) in [4.78, 5) is 10.4. The molecule has 0 bridgehead atoms. The summed E-state index contributed by atoms with van der Waals surface area (Å²) in [5.74, 6) is 0.351. The molecule has 21 heavy (non-hydrogen) atoms. The maximum atomic E-state index is 10.4. The Hall–Kier alpha value is -2.81. The van der Waals surface area contributed by atoms with E-state index >= 15 is 0 Å². The zero-order valence-electron chi connectivity index (χ0n) is 11.5. The Kier molecular flexibility index (Phi) is 4.57. The predicted molar refractivity (Wildman–Crippen MR) is 84.2 cm³/mol. The van der Waals surface area contributed by atoms with Gasteiger partial charge in [0.2, 0.25) is 0 Å². The summed E-state index contributed by atoms with van der Waals surface area (Å²) >= 11 is 0. The van der Waals surface area contributed by atoms with Gasteiger partial charge in [-0.05, 0) is 53.5 Å². The third-order valence-corrected chi connectivity index (χ3v) is 3.14. The minimum atomic E-state index is 0.147. The number of benzene rings is 2. The zero-order valence-corrected chi connectivity index (χ0v) is 11.5. The van der Waals surface area contributed by atoms with Gasteiger partial charge in [0.25, 0.3) is 0 Å². The minimum absolute atomic E-state index is 0.147. The summed E-state index contributed by atoms with van der Waals surface area (Å²) < 4.78 is 0. The van der Waals surface area contributed by atoms with Gasteiger partial charge in [-0.3, -0.25) is 4.79 Å². The summed E-state index contributed by atoms with van der Waals surface area (Å²) in [6.45, 7) is 3.66. The SMILES string of the molecule is C=CCc1cc(-c2cc(C=CC=O)ccc2O)ccc1O. The lowest BCUT2D eigenvalue weighted by Crippen LogP contribution is -1.86. The van der Waals surface area contributed by atoms with Gasteiger partial charge < -0.3 is 10.2 Å². The van der Waals surface area contributed by atoms with Crippen LogP contribution in [-0.2, 0) is 11.2 Å². The van der Waals surface area contributed by atoms with E-state index in [0.29, 0.717) is 18.3 Å². The van der Waals surface area contributed by atoms with Gasteiger partial charge in [-0.1, -0.05) is 24.3 Å². The molecule has 2 aromatic carbocycles. The van der Waals surface area contributed by atoms with E-state index in [2.05, 4.69) is 6.58 Å². The lowest BCUT2D eigenvalue weighted by Gasteiger charge is -2.09. The number of carbonyl (C=O) groups is 1. The highest BCUT2D eigenvalue weighted by Gasteiger charge is 2.08. The Balaban J connectivity index is 2.50. The van der Waals surface area contributed by atoms with Gasteiger partial charge in [0.1, 0.15) is 17.8 Å². The van der Waals surface area contributed by atoms with Gasteiger partial charge in [0, 0.05) is 5.56 Å². The third-order valence-electron chi connectivity index (χ3n) is 3.14. The number of allylic oxidation sites excluding steroid dienone is 2. The predicted octanol–water partition coefficient (Wildman–Crippen LogP) is 3.71. The Morgan fingerprint density at radius 3 is 2.52 bits per heavy atom. The number of phenolic OH excluding ortho intramolecular Hbond substituents is 2. The maximum absolute atomic E-state index is 10.4. The van der Waals surface area contributed by atoms with Crippen molar-refractivity contribution < 1.29 is 15.0 Å². The van der Waals surface area contributed by atoms with Crippen molar-refractivity contribution in [2.24, 2.45) is 0 Å². The summed E-state index contributed by atoms with van der Waals surface area (Å²) in [6.07, 6.45) is 6.03. The van der Waals surface area contributed by atoms with Crippen LogP contribution in [0.25, 0.3) is 17.2 Å². The molecule has 0 aliphatic rings. The lowest BCUT2D eigenvalue weighted by atomic mass is 9.98. The van der Waals surface area contributed by atoms with Crippen LogP contribution in [0.5, 0.6) is 11.5 Å². The highest BCUT2D eigenvalue weighted by molar-refractivity contribution is 5.78. The summed E-state index contributed by atoms with van der Waals surface area (Å²) in [5.41, 5.74) is 3.00.